The number of piperidine rings is 1. The van der Waals surface area contributed by atoms with Crippen LogP contribution in [0.25, 0.3) is 0 Å². The number of hydrogen-bond donors (Lipinski definition) is 0. The molecule has 2 aliphatic heterocycles. The highest BCUT2D eigenvalue weighted by molar-refractivity contribution is 6.36. The molecule has 0 saturated carbocycles. The maximum atomic E-state index is 12.7. The second kappa shape index (κ2) is 8.36. The smallest absolute Gasteiger partial charge is 0.269 e. The first kappa shape index (κ1) is 21.4. The van der Waals surface area contributed by atoms with Crippen LogP contribution in [-0.4, -0.2) is 46.8 Å². The average Bonchev–Trinajstić information content (AvgIpc) is 2.74. The van der Waals surface area contributed by atoms with Crippen LogP contribution in [0.2, 0.25) is 10.0 Å². The third kappa shape index (κ3) is 4.45. The number of hydrogen-bond acceptors (Lipinski definition) is 6. The lowest BCUT2D eigenvalue weighted by Crippen LogP contribution is -2.53. The summed E-state index contributed by atoms with van der Waals surface area (Å²) in [4.78, 5) is 37.0. The molecule has 0 unspecified atom stereocenters. The van der Waals surface area contributed by atoms with E-state index in [1.807, 2.05) is 0 Å². The van der Waals surface area contributed by atoms with E-state index in [1.54, 1.807) is 17.0 Å². The largest absolute Gasteiger partial charge is 0.484 e. The van der Waals surface area contributed by atoms with Crippen LogP contribution in [0.1, 0.15) is 29.6 Å². The molecule has 1 fully saturated rings. The fourth-order valence-corrected chi connectivity index (χ4v) is 4.39. The van der Waals surface area contributed by atoms with Gasteiger partial charge in [0.05, 0.1) is 21.9 Å². The van der Waals surface area contributed by atoms with Gasteiger partial charge in [0.1, 0.15) is 17.1 Å². The Morgan fingerprint density at radius 2 is 1.87 bits per heavy atom. The van der Waals surface area contributed by atoms with Crippen molar-refractivity contribution in [1.82, 2.24) is 4.90 Å². The summed E-state index contributed by atoms with van der Waals surface area (Å²) in [5, 5.41) is 11.4. The Morgan fingerprint density at radius 1 is 1.19 bits per heavy atom. The first-order valence-corrected chi connectivity index (χ1v) is 10.4. The van der Waals surface area contributed by atoms with Crippen molar-refractivity contribution in [1.29, 1.82) is 0 Å². The molecular weight excluding hydrogens is 447 g/mol. The zero-order valence-corrected chi connectivity index (χ0v) is 17.8. The number of halogens is 2. The van der Waals surface area contributed by atoms with Crippen LogP contribution in [0.15, 0.2) is 36.4 Å². The van der Waals surface area contributed by atoms with Gasteiger partial charge in [-0.2, -0.15) is 0 Å². The second-order valence-electron chi connectivity index (χ2n) is 7.57. The molecule has 0 aromatic heterocycles. The minimum Gasteiger partial charge on any atom is -0.484 e. The summed E-state index contributed by atoms with van der Waals surface area (Å²) < 4.78 is 11.6. The number of Topliss-reactive ketones (excluding diaryl/α,β-unsaturated/α-hetero) is 1. The maximum absolute atomic E-state index is 12.7. The number of ether oxygens (including phenoxy) is 2. The van der Waals surface area contributed by atoms with Gasteiger partial charge in [-0.25, -0.2) is 0 Å². The van der Waals surface area contributed by atoms with Crippen molar-refractivity contribution in [3.05, 3.63) is 62.1 Å². The molecule has 1 amide bonds. The topological polar surface area (TPSA) is 99.0 Å². The monoisotopic (exact) mass is 464 g/mol. The number of nitrogens with zero attached hydrogens (tertiary/aromatic N) is 2. The molecule has 8 nitrogen and oxygen atoms in total. The molecule has 2 aliphatic rings. The number of rotatable bonds is 4. The van der Waals surface area contributed by atoms with E-state index in [0.29, 0.717) is 53.0 Å². The summed E-state index contributed by atoms with van der Waals surface area (Å²) in [6.45, 7) is 0.643. The zero-order valence-electron chi connectivity index (χ0n) is 16.3. The lowest BCUT2D eigenvalue weighted by atomic mass is 9.82. The van der Waals surface area contributed by atoms with Crippen LogP contribution in [-0.2, 0) is 4.79 Å². The molecule has 162 valence electrons. The van der Waals surface area contributed by atoms with Gasteiger partial charge in [-0.3, -0.25) is 19.7 Å². The van der Waals surface area contributed by atoms with Gasteiger partial charge in [-0.15, -0.1) is 0 Å². The van der Waals surface area contributed by atoms with Crippen LogP contribution in [0.5, 0.6) is 11.5 Å². The average molecular weight is 465 g/mol. The van der Waals surface area contributed by atoms with Gasteiger partial charge in [0.15, 0.2) is 12.4 Å². The Bertz CT molecular complexity index is 1050. The summed E-state index contributed by atoms with van der Waals surface area (Å²) in [6.07, 6.45) is 1.18. The van der Waals surface area contributed by atoms with E-state index < -0.39 is 10.5 Å². The molecule has 10 heteroatoms. The maximum Gasteiger partial charge on any atom is 0.269 e. The highest BCUT2D eigenvalue weighted by atomic mass is 35.5. The number of benzene rings is 2. The van der Waals surface area contributed by atoms with Crippen molar-refractivity contribution in [2.24, 2.45) is 0 Å². The molecule has 0 atom stereocenters. The Hall–Kier alpha value is -2.84. The van der Waals surface area contributed by atoms with Crippen molar-refractivity contribution >= 4 is 40.6 Å². The van der Waals surface area contributed by atoms with Gasteiger partial charge in [-0.1, -0.05) is 23.2 Å². The summed E-state index contributed by atoms with van der Waals surface area (Å²) in [5.74, 6) is 0.439. The molecule has 1 saturated heterocycles. The Morgan fingerprint density at radius 3 is 2.52 bits per heavy atom. The predicted octanol–water partition coefficient (Wildman–Crippen LogP) is 4.31. The van der Waals surface area contributed by atoms with Gasteiger partial charge < -0.3 is 14.4 Å². The third-order valence-electron chi connectivity index (χ3n) is 5.55. The summed E-state index contributed by atoms with van der Waals surface area (Å²) in [7, 11) is 0. The summed E-state index contributed by atoms with van der Waals surface area (Å²) in [5.41, 5.74) is -0.360. The number of carbonyl (C=O) groups excluding carboxylic acids is 2. The minimum absolute atomic E-state index is 0.0500. The zero-order chi connectivity index (χ0) is 22.2. The first-order valence-electron chi connectivity index (χ1n) is 9.63. The van der Waals surface area contributed by atoms with E-state index in [1.165, 1.54) is 24.3 Å². The second-order valence-corrected chi connectivity index (χ2v) is 8.41. The van der Waals surface area contributed by atoms with Gasteiger partial charge in [-0.05, 0) is 24.3 Å². The lowest BCUT2D eigenvalue weighted by molar-refractivity contribution is -0.384. The Kier molecular flexibility index (Phi) is 5.77. The number of amides is 1. The van der Waals surface area contributed by atoms with Crippen molar-refractivity contribution < 1.29 is 24.0 Å². The fraction of sp³-hybridized carbons (Fsp3) is 0.333. The number of non-ortho nitro benzene ring substituents is 1. The van der Waals surface area contributed by atoms with Crippen molar-refractivity contribution in [3.8, 4) is 11.5 Å². The van der Waals surface area contributed by atoms with Crippen molar-refractivity contribution in [2.45, 2.75) is 24.9 Å². The highest BCUT2D eigenvalue weighted by Gasteiger charge is 2.44. The van der Waals surface area contributed by atoms with E-state index in [4.69, 9.17) is 32.7 Å². The van der Waals surface area contributed by atoms with Crippen LogP contribution < -0.4 is 9.47 Å². The molecule has 0 N–H and O–H groups in total. The lowest BCUT2D eigenvalue weighted by Gasteiger charge is -2.44. The van der Waals surface area contributed by atoms with E-state index in [-0.39, 0.29) is 30.4 Å². The summed E-state index contributed by atoms with van der Waals surface area (Å²) in [6, 6.07) is 8.64. The summed E-state index contributed by atoms with van der Waals surface area (Å²) >= 11 is 12.2. The number of carbonyl (C=O) groups is 2. The fourth-order valence-electron chi connectivity index (χ4n) is 3.85. The van der Waals surface area contributed by atoms with Crippen molar-refractivity contribution in [3.63, 3.8) is 0 Å². The van der Waals surface area contributed by atoms with Gasteiger partial charge >= 0.3 is 0 Å². The SMILES string of the molecule is O=C1CC2(CCN(C(=O)COc3ccc([N+](=O)[O-])cc3)CC2)Oc2c(Cl)cc(Cl)cc21. The molecular formula is C21H18Cl2N2O6. The molecule has 2 aromatic carbocycles. The van der Waals surface area contributed by atoms with Crippen LogP contribution >= 0.6 is 23.2 Å². The molecule has 1 spiro atoms. The third-order valence-corrected chi connectivity index (χ3v) is 6.05. The van der Waals surface area contributed by atoms with Gasteiger partial charge in [0.2, 0.25) is 0 Å². The normalized spacial score (nSPS) is 17.1. The van der Waals surface area contributed by atoms with Gasteiger partial charge in [0.25, 0.3) is 11.6 Å². The van der Waals surface area contributed by atoms with E-state index in [9.17, 15) is 19.7 Å². The standard InChI is InChI=1S/C21H18Cl2N2O6/c22-13-9-16-18(26)11-21(31-20(16)17(23)10-13)5-7-24(8-6-21)19(27)12-30-15-3-1-14(2-4-15)25(28)29/h1-4,9-10H,5-8,11-12H2. The van der Waals surface area contributed by atoms with E-state index >= 15 is 0 Å². The minimum atomic E-state index is -0.697. The van der Waals surface area contributed by atoms with E-state index in [2.05, 4.69) is 0 Å². The number of fused-ring (bicyclic) bond motifs is 1. The number of nitro benzene ring substituents is 1. The Labute approximate surface area is 187 Å². The Balaban J connectivity index is 1.35. The molecule has 2 heterocycles. The molecule has 0 radical (unpaired) electrons. The molecule has 31 heavy (non-hydrogen) atoms. The van der Waals surface area contributed by atoms with Crippen LogP contribution in [0.3, 0.4) is 0 Å². The molecule has 4 rings (SSSR count). The van der Waals surface area contributed by atoms with Crippen LogP contribution in [0.4, 0.5) is 5.69 Å². The first-order chi connectivity index (χ1) is 14.8. The van der Waals surface area contributed by atoms with Crippen LogP contribution in [0, 0.1) is 10.1 Å². The number of likely N-dealkylation sites (tertiary alicyclic amines) is 1. The number of ketones is 1. The molecule has 2 aromatic rings. The predicted molar refractivity (Wildman–Crippen MR) is 113 cm³/mol. The molecule has 0 bridgehead atoms. The molecule has 0 aliphatic carbocycles. The highest BCUT2D eigenvalue weighted by Crippen LogP contribution is 2.44. The quantitative estimate of drug-likeness (QED) is 0.493. The van der Waals surface area contributed by atoms with E-state index in [0.717, 1.165) is 0 Å². The number of nitro groups is 1. The van der Waals surface area contributed by atoms with Gasteiger partial charge in [0, 0.05) is 43.1 Å². The van der Waals surface area contributed by atoms with Crippen molar-refractivity contribution in [2.75, 3.05) is 19.7 Å².